The van der Waals surface area contributed by atoms with Crippen molar-refractivity contribution in [3.63, 3.8) is 0 Å². The number of hydrogen-bond donors (Lipinski definition) is 1. The molecule has 4 nitrogen and oxygen atoms in total. The molecule has 116 valence electrons. The molecule has 1 aromatic rings. The van der Waals surface area contributed by atoms with E-state index in [0.29, 0.717) is 18.7 Å². The quantitative estimate of drug-likeness (QED) is 0.787. The molecule has 0 aliphatic carbocycles. The summed E-state index contributed by atoms with van der Waals surface area (Å²) in [6, 6.07) is 2.01. The molecule has 1 N–H and O–H groups in total. The summed E-state index contributed by atoms with van der Waals surface area (Å²) < 4.78 is 5.11. The van der Waals surface area contributed by atoms with Crippen molar-refractivity contribution >= 4 is 17.2 Å². The predicted molar refractivity (Wildman–Crippen MR) is 85.6 cm³/mol. The smallest absolute Gasteiger partial charge is 0.255 e. The van der Waals surface area contributed by atoms with Gasteiger partial charge in [0.25, 0.3) is 5.91 Å². The maximum atomic E-state index is 12.7. The van der Waals surface area contributed by atoms with Crippen molar-refractivity contribution < 1.29 is 14.6 Å². The van der Waals surface area contributed by atoms with Crippen LogP contribution in [0.4, 0.5) is 0 Å². The second kappa shape index (κ2) is 9.56. The molecular weight excluding hydrogens is 286 g/mol. The lowest BCUT2D eigenvalue weighted by Crippen LogP contribution is -2.41. The molecule has 21 heavy (non-hydrogen) atoms. The normalized spacial score (nSPS) is 10.3. The van der Waals surface area contributed by atoms with E-state index in [4.69, 9.17) is 9.84 Å². The molecule has 5 heteroatoms. The van der Waals surface area contributed by atoms with Crippen molar-refractivity contribution in [3.8, 4) is 11.8 Å². The Balaban J connectivity index is 2.90. The van der Waals surface area contributed by atoms with Gasteiger partial charge in [0.1, 0.15) is 6.61 Å². The van der Waals surface area contributed by atoms with Gasteiger partial charge in [-0.3, -0.25) is 4.79 Å². The molecule has 0 aliphatic heterocycles. The van der Waals surface area contributed by atoms with Crippen molar-refractivity contribution in [2.24, 2.45) is 0 Å². The molecule has 0 fully saturated rings. The molecule has 1 amide bonds. The monoisotopic (exact) mass is 309 g/mol. The summed E-state index contributed by atoms with van der Waals surface area (Å²) in [7, 11) is 1.64. The van der Waals surface area contributed by atoms with Crippen LogP contribution >= 0.6 is 11.3 Å². The maximum absolute atomic E-state index is 12.7. The molecule has 0 atom stereocenters. The number of thiophene rings is 1. The number of methoxy groups -OCH3 is 1. The summed E-state index contributed by atoms with van der Waals surface area (Å²) in [6.07, 6.45) is 1.85. The minimum Gasteiger partial charge on any atom is -0.384 e. The van der Waals surface area contributed by atoms with Crippen molar-refractivity contribution in [1.29, 1.82) is 0 Å². The third-order valence-electron chi connectivity index (χ3n) is 3.32. The van der Waals surface area contributed by atoms with Crippen LogP contribution in [0.15, 0.2) is 11.4 Å². The van der Waals surface area contributed by atoms with Crippen molar-refractivity contribution in [1.82, 2.24) is 4.90 Å². The van der Waals surface area contributed by atoms with Gasteiger partial charge in [-0.2, -0.15) is 0 Å². The van der Waals surface area contributed by atoms with E-state index in [2.05, 4.69) is 25.7 Å². The number of aliphatic hydroxyl groups excluding tert-OH is 1. The molecule has 0 saturated heterocycles. The first-order valence-electron chi connectivity index (χ1n) is 7.16. The van der Waals surface area contributed by atoms with Crippen LogP contribution < -0.4 is 0 Å². The van der Waals surface area contributed by atoms with E-state index in [-0.39, 0.29) is 18.6 Å². The molecule has 0 aliphatic rings. The average molecular weight is 309 g/mol. The van der Waals surface area contributed by atoms with Gasteiger partial charge in [-0.1, -0.05) is 25.7 Å². The molecule has 0 spiro atoms. The Morgan fingerprint density at radius 1 is 1.48 bits per heavy atom. The number of carbonyl (C=O) groups is 1. The molecular formula is C16H23NO3S. The lowest BCUT2D eigenvalue weighted by Gasteiger charge is -2.30. The molecule has 1 rings (SSSR count). The summed E-state index contributed by atoms with van der Waals surface area (Å²) in [6.45, 7) is 5.13. The summed E-state index contributed by atoms with van der Waals surface area (Å²) in [5.74, 6) is 5.45. The van der Waals surface area contributed by atoms with Crippen LogP contribution in [-0.4, -0.2) is 48.8 Å². The third-order valence-corrected chi connectivity index (χ3v) is 4.16. The molecule has 0 unspecified atom stereocenters. The van der Waals surface area contributed by atoms with Crippen LogP contribution in [0.5, 0.6) is 0 Å². The SMILES string of the molecule is CCC(CC)N(CCOC)C(=O)c1csc(C#CCO)c1. The average Bonchev–Trinajstić information content (AvgIpc) is 2.97. The lowest BCUT2D eigenvalue weighted by atomic mass is 10.1. The Labute approximate surface area is 130 Å². The summed E-state index contributed by atoms with van der Waals surface area (Å²) >= 11 is 1.42. The number of hydrogen-bond acceptors (Lipinski definition) is 4. The first-order valence-corrected chi connectivity index (χ1v) is 8.04. The Morgan fingerprint density at radius 3 is 2.76 bits per heavy atom. The van der Waals surface area contributed by atoms with E-state index >= 15 is 0 Å². The van der Waals surface area contributed by atoms with Crippen molar-refractivity contribution in [3.05, 3.63) is 21.9 Å². The zero-order valence-corrected chi connectivity index (χ0v) is 13.7. The highest BCUT2D eigenvalue weighted by Crippen LogP contribution is 2.18. The van der Waals surface area contributed by atoms with Gasteiger partial charge in [0.15, 0.2) is 0 Å². The minimum absolute atomic E-state index is 0.0223. The predicted octanol–water partition coefficient (Wildman–Crippen LogP) is 2.37. The summed E-state index contributed by atoms with van der Waals surface area (Å²) in [4.78, 5) is 15.4. The Morgan fingerprint density at radius 2 is 2.19 bits per heavy atom. The second-order valence-electron chi connectivity index (χ2n) is 4.62. The van der Waals surface area contributed by atoms with Gasteiger partial charge < -0.3 is 14.7 Å². The van der Waals surface area contributed by atoms with Crippen LogP contribution in [0.25, 0.3) is 0 Å². The summed E-state index contributed by atoms with van der Waals surface area (Å²) in [5.41, 5.74) is 0.658. The van der Waals surface area contributed by atoms with Gasteiger partial charge in [-0.25, -0.2) is 0 Å². The van der Waals surface area contributed by atoms with Gasteiger partial charge >= 0.3 is 0 Å². The van der Waals surface area contributed by atoms with E-state index in [1.54, 1.807) is 13.2 Å². The standard InChI is InChI=1S/C16H23NO3S/c1-4-14(5-2)17(8-10-20-3)16(19)13-11-15(21-12-13)7-6-9-18/h11-12,14,18H,4-5,8-10H2,1-3H3. The van der Waals surface area contributed by atoms with E-state index < -0.39 is 0 Å². The molecule has 0 bridgehead atoms. The van der Waals surface area contributed by atoms with Crippen LogP contribution in [-0.2, 0) is 4.74 Å². The lowest BCUT2D eigenvalue weighted by molar-refractivity contribution is 0.0590. The Bertz CT molecular complexity index is 497. The highest BCUT2D eigenvalue weighted by atomic mass is 32.1. The van der Waals surface area contributed by atoms with Crippen LogP contribution in [0.3, 0.4) is 0 Å². The molecule has 1 aromatic heterocycles. The van der Waals surface area contributed by atoms with Gasteiger partial charge in [-0.15, -0.1) is 11.3 Å². The number of amides is 1. The highest BCUT2D eigenvalue weighted by molar-refractivity contribution is 7.10. The van der Waals surface area contributed by atoms with Gasteiger partial charge in [0.2, 0.25) is 0 Å². The van der Waals surface area contributed by atoms with E-state index in [9.17, 15) is 4.79 Å². The Hall–Kier alpha value is -1.35. The zero-order chi connectivity index (χ0) is 15.7. The van der Waals surface area contributed by atoms with Crippen LogP contribution in [0.1, 0.15) is 41.9 Å². The second-order valence-corrected chi connectivity index (χ2v) is 5.53. The van der Waals surface area contributed by atoms with Gasteiger partial charge in [-0.05, 0) is 18.9 Å². The van der Waals surface area contributed by atoms with Crippen LogP contribution in [0, 0.1) is 11.8 Å². The number of rotatable bonds is 7. The van der Waals surface area contributed by atoms with E-state index in [0.717, 1.165) is 17.7 Å². The van der Waals surface area contributed by atoms with E-state index in [1.165, 1.54) is 11.3 Å². The zero-order valence-electron chi connectivity index (χ0n) is 12.9. The largest absolute Gasteiger partial charge is 0.384 e. The van der Waals surface area contributed by atoms with E-state index in [1.807, 2.05) is 10.3 Å². The van der Waals surface area contributed by atoms with Gasteiger partial charge in [0, 0.05) is 25.1 Å². The fraction of sp³-hybridized carbons (Fsp3) is 0.562. The molecule has 1 heterocycles. The number of nitrogens with zero attached hydrogens (tertiary/aromatic N) is 1. The minimum atomic E-state index is -0.172. The topological polar surface area (TPSA) is 49.8 Å². The molecule has 0 aromatic carbocycles. The fourth-order valence-electron chi connectivity index (χ4n) is 2.18. The number of aliphatic hydroxyl groups is 1. The van der Waals surface area contributed by atoms with Crippen molar-refractivity contribution in [2.45, 2.75) is 32.7 Å². The maximum Gasteiger partial charge on any atom is 0.255 e. The van der Waals surface area contributed by atoms with Crippen LogP contribution in [0.2, 0.25) is 0 Å². The Kier molecular flexibility index (Phi) is 8.06. The first kappa shape index (κ1) is 17.7. The van der Waals surface area contributed by atoms with Crippen molar-refractivity contribution in [2.75, 3.05) is 26.9 Å². The fourth-order valence-corrected chi connectivity index (χ4v) is 2.92. The first-order chi connectivity index (χ1) is 10.2. The molecule has 0 radical (unpaired) electrons. The molecule has 0 saturated carbocycles. The third kappa shape index (κ3) is 5.16. The highest BCUT2D eigenvalue weighted by Gasteiger charge is 2.22. The van der Waals surface area contributed by atoms with Gasteiger partial charge in [0.05, 0.1) is 17.0 Å². The summed E-state index contributed by atoms with van der Waals surface area (Å²) in [5, 5.41) is 10.5. The number of carbonyl (C=O) groups excluding carboxylic acids is 1. The number of ether oxygens (including phenoxy) is 1.